The topological polar surface area (TPSA) is 62.5 Å². The van der Waals surface area contributed by atoms with Crippen LogP contribution < -0.4 is 5.73 Å². The first-order valence-corrected chi connectivity index (χ1v) is 8.35. The van der Waals surface area contributed by atoms with Crippen LogP contribution >= 0.6 is 0 Å². The van der Waals surface area contributed by atoms with E-state index in [1.54, 1.807) is 6.20 Å². The summed E-state index contributed by atoms with van der Waals surface area (Å²) in [4.78, 5) is 21.2. The zero-order chi connectivity index (χ0) is 15.5. The highest BCUT2D eigenvalue weighted by atomic mass is 16.2. The van der Waals surface area contributed by atoms with Crippen LogP contribution in [0.5, 0.6) is 0 Å². The summed E-state index contributed by atoms with van der Waals surface area (Å²) in [6, 6.07) is 4.51. The van der Waals surface area contributed by atoms with E-state index in [9.17, 15) is 4.79 Å². The SMILES string of the molecule is C[C@H](c1cccnc1)N1CCN(C(=O)[C@@H]2CCC[C@H]2N)CC1. The predicted molar refractivity (Wildman–Crippen MR) is 86.1 cm³/mol. The number of hydrogen-bond acceptors (Lipinski definition) is 4. The Hall–Kier alpha value is -1.46. The summed E-state index contributed by atoms with van der Waals surface area (Å²) in [5.74, 6) is 0.334. The Labute approximate surface area is 132 Å². The number of pyridine rings is 1. The van der Waals surface area contributed by atoms with Gasteiger partial charge in [0.1, 0.15) is 0 Å². The Morgan fingerprint density at radius 1 is 1.32 bits per heavy atom. The highest BCUT2D eigenvalue weighted by Gasteiger charge is 2.34. The minimum absolute atomic E-state index is 0.0577. The van der Waals surface area contributed by atoms with Crippen molar-refractivity contribution in [3.63, 3.8) is 0 Å². The molecule has 3 rings (SSSR count). The number of amides is 1. The molecule has 0 unspecified atom stereocenters. The van der Waals surface area contributed by atoms with E-state index in [1.165, 1.54) is 5.56 Å². The Morgan fingerprint density at radius 3 is 2.68 bits per heavy atom. The maximum atomic E-state index is 12.6. The summed E-state index contributed by atoms with van der Waals surface area (Å²) in [6.45, 7) is 5.67. The van der Waals surface area contributed by atoms with E-state index < -0.39 is 0 Å². The van der Waals surface area contributed by atoms with E-state index in [2.05, 4.69) is 22.9 Å². The molecule has 3 atom stereocenters. The molecule has 5 heteroatoms. The fourth-order valence-electron chi connectivity index (χ4n) is 3.69. The maximum absolute atomic E-state index is 12.6. The summed E-state index contributed by atoms with van der Waals surface area (Å²) < 4.78 is 0. The molecule has 120 valence electrons. The van der Waals surface area contributed by atoms with Gasteiger partial charge in [-0.25, -0.2) is 0 Å². The third-order valence-electron chi connectivity index (χ3n) is 5.23. The van der Waals surface area contributed by atoms with Gasteiger partial charge < -0.3 is 10.6 Å². The second-order valence-corrected chi connectivity index (χ2v) is 6.52. The fraction of sp³-hybridized carbons (Fsp3) is 0.647. The lowest BCUT2D eigenvalue weighted by atomic mass is 10.0. The second-order valence-electron chi connectivity index (χ2n) is 6.52. The first-order chi connectivity index (χ1) is 10.7. The largest absolute Gasteiger partial charge is 0.340 e. The Kier molecular flexibility index (Phi) is 4.74. The first-order valence-electron chi connectivity index (χ1n) is 8.35. The van der Waals surface area contributed by atoms with Crippen LogP contribution in [0.15, 0.2) is 24.5 Å². The van der Waals surface area contributed by atoms with Crippen LogP contribution in [0.1, 0.15) is 37.8 Å². The van der Waals surface area contributed by atoms with Gasteiger partial charge in [0, 0.05) is 50.7 Å². The molecule has 2 N–H and O–H groups in total. The van der Waals surface area contributed by atoms with Gasteiger partial charge in [-0.1, -0.05) is 12.5 Å². The minimum atomic E-state index is 0.0577. The lowest BCUT2D eigenvalue weighted by Gasteiger charge is -2.39. The summed E-state index contributed by atoms with van der Waals surface area (Å²) in [7, 11) is 0. The molecule has 1 saturated heterocycles. The van der Waals surface area contributed by atoms with Crippen molar-refractivity contribution in [3.05, 3.63) is 30.1 Å². The van der Waals surface area contributed by atoms with Gasteiger partial charge in [0.25, 0.3) is 0 Å². The van der Waals surface area contributed by atoms with Gasteiger partial charge in [0.2, 0.25) is 5.91 Å². The number of nitrogens with two attached hydrogens (primary N) is 1. The van der Waals surface area contributed by atoms with Crippen LogP contribution in [0.3, 0.4) is 0 Å². The normalized spacial score (nSPS) is 27.8. The molecule has 2 fully saturated rings. The highest BCUT2D eigenvalue weighted by molar-refractivity contribution is 5.80. The Bertz CT molecular complexity index is 499. The smallest absolute Gasteiger partial charge is 0.227 e. The molecule has 1 aliphatic carbocycles. The molecule has 0 radical (unpaired) electrons. The van der Waals surface area contributed by atoms with E-state index in [-0.39, 0.29) is 17.9 Å². The number of rotatable bonds is 3. The van der Waals surface area contributed by atoms with Crippen molar-refractivity contribution in [1.82, 2.24) is 14.8 Å². The number of hydrogen-bond donors (Lipinski definition) is 1. The first kappa shape index (κ1) is 15.4. The number of aromatic nitrogens is 1. The average molecular weight is 302 g/mol. The molecule has 5 nitrogen and oxygen atoms in total. The van der Waals surface area contributed by atoms with E-state index >= 15 is 0 Å². The van der Waals surface area contributed by atoms with Crippen LogP contribution in [0.25, 0.3) is 0 Å². The van der Waals surface area contributed by atoms with Crippen molar-refractivity contribution >= 4 is 5.91 Å². The van der Waals surface area contributed by atoms with Crippen molar-refractivity contribution in [1.29, 1.82) is 0 Å². The quantitative estimate of drug-likeness (QED) is 0.917. The van der Waals surface area contributed by atoms with Gasteiger partial charge in [-0.3, -0.25) is 14.7 Å². The van der Waals surface area contributed by atoms with Crippen molar-refractivity contribution in [2.75, 3.05) is 26.2 Å². The third-order valence-corrected chi connectivity index (χ3v) is 5.23. The van der Waals surface area contributed by atoms with E-state index in [4.69, 9.17) is 5.73 Å². The van der Waals surface area contributed by atoms with Crippen molar-refractivity contribution in [2.24, 2.45) is 11.7 Å². The number of carbonyl (C=O) groups excluding carboxylic acids is 1. The average Bonchev–Trinajstić information content (AvgIpc) is 3.00. The molecule has 2 heterocycles. The summed E-state index contributed by atoms with van der Waals surface area (Å²) in [5, 5.41) is 0. The van der Waals surface area contributed by atoms with Gasteiger partial charge in [0.15, 0.2) is 0 Å². The molecular formula is C17H26N4O. The molecule has 22 heavy (non-hydrogen) atoms. The lowest BCUT2D eigenvalue weighted by molar-refractivity contribution is -0.137. The van der Waals surface area contributed by atoms with Gasteiger partial charge in [-0.2, -0.15) is 0 Å². The standard InChI is InChI=1S/C17H26N4O/c1-13(14-4-3-7-19-12-14)20-8-10-21(11-9-20)17(22)15-5-2-6-16(15)18/h3-4,7,12-13,15-16H,2,5-6,8-11,18H2,1H3/t13-,15-,16-/m1/s1. The van der Waals surface area contributed by atoms with Gasteiger partial charge in [0.05, 0.1) is 5.92 Å². The number of piperazine rings is 1. The Balaban J connectivity index is 1.55. The van der Waals surface area contributed by atoms with Crippen LogP contribution in [0.4, 0.5) is 0 Å². The summed E-state index contributed by atoms with van der Waals surface area (Å²) in [5.41, 5.74) is 7.31. The monoisotopic (exact) mass is 302 g/mol. The number of nitrogens with zero attached hydrogens (tertiary/aromatic N) is 3. The molecule has 0 aromatic carbocycles. The van der Waals surface area contributed by atoms with Crippen LogP contribution in [-0.2, 0) is 4.79 Å². The van der Waals surface area contributed by atoms with E-state index in [1.807, 2.05) is 17.2 Å². The van der Waals surface area contributed by atoms with E-state index in [0.717, 1.165) is 45.4 Å². The molecule has 0 spiro atoms. The molecule has 1 amide bonds. The molecule has 1 saturated carbocycles. The molecular weight excluding hydrogens is 276 g/mol. The molecule has 0 bridgehead atoms. The fourth-order valence-corrected chi connectivity index (χ4v) is 3.69. The van der Waals surface area contributed by atoms with E-state index in [0.29, 0.717) is 6.04 Å². The summed E-state index contributed by atoms with van der Waals surface area (Å²) >= 11 is 0. The zero-order valence-electron chi connectivity index (χ0n) is 13.3. The summed E-state index contributed by atoms with van der Waals surface area (Å²) in [6.07, 6.45) is 6.79. The van der Waals surface area contributed by atoms with Crippen molar-refractivity contribution in [3.8, 4) is 0 Å². The van der Waals surface area contributed by atoms with Crippen LogP contribution in [0.2, 0.25) is 0 Å². The molecule has 2 aliphatic rings. The van der Waals surface area contributed by atoms with Crippen LogP contribution in [0, 0.1) is 5.92 Å². The minimum Gasteiger partial charge on any atom is -0.340 e. The molecule has 1 aromatic heterocycles. The van der Waals surface area contributed by atoms with Gasteiger partial charge in [-0.05, 0) is 31.4 Å². The zero-order valence-corrected chi connectivity index (χ0v) is 13.3. The van der Waals surface area contributed by atoms with Crippen molar-refractivity contribution in [2.45, 2.75) is 38.3 Å². The third kappa shape index (κ3) is 3.15. The maximum Gasteiger partial charge on any atom is 0.227 e. The lowest BCUT2D eigenvalue weighted by Crippen LogP contribution is -2.52. The number of carbonyl (C=O) groups is 1. The molecule has 1 aliphatic heterocycles. The predicted octanol–water partition coefficient (Wildman–Crippen LogP) is 1.41. The van der Waals surface area contributed by atoms with Crippen LogP contribution in [-0.4, -0.2) is 52.9 Å². The Morgan fingerprint density at radius 2 is 2.09 bits per heavy atom. The second kappa shape index (κ2) is 6.75. The highest BCUT2D eigenvalue weighted by Crippen LogP contribution is 2.27. The van der Waals surface area contributed by atoms with Crippen molar-refractivity contribution < 1.29 is 4.79 Å². The molecule has 1 aromatic rings. The van der Waals surface area contributed by atoms with Gasteiger partial charge in [-0.15, -0.1) is 0 Å². The van der Waals surface area contributed by atoms with Gasteiger partial charge >= 0.3 is 0 Å².